The predicted molar refractivity (Wildman–Crippen MR) is 192 cm³/mol. The van der Waals surface area contributed by atoms with E-state index in [2.05, 4.69) is 4.98 Å². The number of esters is 3. The highest BCUT2D eigenvalue weighted by Crippen LogP contribution is 2.67. The molecule has 6 rings (SSSR count). The lowest BCUT2D eigenvalue weighted by Gasteiger charge is -2.66. The first-order chi connectivity index (χ1) is 25.4. The van der Waals surface area contributed by atoms with Gasteiger partial charge in [0.2, 0.25) is 0 Å². The van der Waals surface area contributed by atoms with Crippen LogP contribution in [0.2, 0.25) is 0 Å². The average molecular weight is 747 g/mol. The number of carbonyl (C=O) groups excluding carboxylic acids is 3. The minimum absolute atomic E-state index is 0.0476. The number of aromatic nitrogens is 1. The van der Waals surface area contributed by atoms with Crippen molar-refractivity contribution in [1.82, 2.24) is 4.98 Å². The van der Waals surface area contributed by atoms with Crippen LogP contribution in [0, 0.1) is 44.6 Å². The van der Waals surface area contributed by atoms with E-state index in [9.17, 15) is 34.4 Å². The number of rotatable bonds is 9. The molecule has 14 nitrogen and oxygen atoms in total. The largest absolute Gasteiger partial charge is 0.482 e. The zero-order valence-corrected chi connectivity index (χ0v) is 31.4. The van der Waals surface area contributed by atoms with Gasteiger partial charge in [-0.15, -0.1) is 0 Å². The lowest BCUT2D eigenvalue weighted by molar-refractivity contribution is -0.384. The van der Waals surface area contributed by atoms with E-state index in [0.29, 0.717) is 18.4 Å². The molecular formula is C40H46N2O12. The molecule has 3 heterocycles. The van der Waals surface area contributed by atoms with Gasteiger partial charge < -0.3 is 28.5 Å². The second-order valence-corrected chi connectivity index (χ2v) is 16.0. The maximum Gasteiger partial charge on any atom is 0.345 e. The molecule has 3 aromatic rings. The summed E-state index contributed by atoms with van der Waals surface area (Å²) in [4.78, 5) is 68.5. The molecule has 0 amide bonds. The van der Waals surface area contributed by atoms with Crippen molar-refractivity contribution < 1.29 is 47.8 Å². The summed E-state index contributed by atoms with van der Waals surface area (Å²) in [5.74, 6) is -3.77. The standard InChI is InChI=1S/C40H46N2O12/c1-21(2)34(44)50-20-39(6)28-18-30(53-36(46)23-10-12-25(13-11-23)42(48)49)40(7)33(38(28,5)15-14-29(39)52-35(45)22(3)4)32(43)31-27(54-40)17-26(51-37(31)47)24-9-8-16-41-19-24/h8-13,16-17,19,21-22,28-30,32-33,43H,14-15,18,20H2,1-7H3/t28?,29-,30-,32?,33?,38-,39-,40+/m0/s1. The van der Waals surface area contributed by atoms with Crippen LogP contribution >= 0.6 is 0 Å². The number of benzene rings is 1. The van der Waals surface area contributed by atoms with Gasteiger partial charge in [0.05, 0.1) is 28.4 Å². The number of fused-ring (bicyclic) bond motifs is 4. The first-order valence-electron chi connectivity index (χ1n) is 18.2. The van der Waals surface area contributed by atoms with Gasteiger partial charge in [0.1, 0.15) is 41.5 Å². The molecule has 54 heavy (non-hydrogen) atoms. The van der Waals surface area contributed by atoms with Crippen LogP contribution in [0.15, 0.2) is 64.1 Å². The normalized spacial score (nSPS) is 29.9. The van der Waals surface area contributed by atoms with Crippen molar-refractivity contribution in [3.63, 3.8) is 0 Å². The summed E-state index contributed by atoms with van der Waals surface area (Å²) in [6.45, 7) is 12.3. The molecule has 3 unspecified atom stereocenters. The van der Waals surface area contributed by atoms with E-state index in [1.54, 1.807) is 52.9 Å². The van der Waals surface area contributed by atoms with Crippen LogP contribution in [0.4, 0.5) is 5.69 Å². The minimum atomic E-state index is -1.47. The Morgan fingerprint density at radius 1 is 1.02 bits per heavy atom. The number of aliphatic hydroxyl groups excluding tert-OH is 1. The maximum absolute atomic E-state index is 13.9. The molecule has 1 aromatic carbocycles. The van der Waals surface area contributed by atoms with Crippen LogP contribution < -0.4 is 10.4 Å². The van der Waals surface area contributed by atoms with E-state index in [1.807, 2.05) is 13.8 Å². The number of ether oxygens (including phenoxy) is 4. The number of nitro benzene ring substituents is 1. The summed E-state index contributed by atoms with van der Waals surface area (Å²) in [6, 6.07) is 9.89. The number of non-ortho nitro benzene ring substituents is 1. The fraction of sp³-hybridized carbons (Fsp3) is 0.525. The fourth-order valence-electron chi connectivity index (χ4n) is 8.97. The first-order valence-corrected chi connectivity index (χ1v) is 18.2. The van der Waals surface area contributed by atoms with E-state index < -0.39 is 86.9 Å². The molecule has 2 saturated carbocycles. The van der Waals surface area contributed by atoms with Crippen LogP contribution in [0.3, 0.4) is 0 Å². The van der Waals surface area contributed by atoms with Gasteiger partial charge in [0.15, 0.2) is 0 Å². The van der Waals surface area contributed by atoms with Crippen LogP contribution in [0.1, 0.15) is 89.8 Å². The fourth-order valence-corrected chi connectivity index (χ4v) is 8.97. The molecule has 14 heteroatoms. The quantitative estimate of drug-likeness (QED) is 0.112. The topological polar surface area (TPSA) is 195 Å². The molecule has 8 atom stereocenters. The van der Waals surface area contributed by atoms with Gasteiger partial charge in [-0.25, -0.2) is 9.59 Å². The molecule has 3 aliphatic rings. The zero-order valence-electron chi connectivity index (χ0n) is 31.4. The number of aliphatic hydroxyl groups is 1. The predicted octanol–water partition coefficient (Wildman–Crippen LogP) is 6.23. The van der Waals surface area contributed by atoms with Gasteiger partial charge in [-0.3, -0.25) is 24.7 Å². The molecule has 1 aliphatic heterocycles. The van der Waals surface area contributed by atoms with Crippen molar-refractivity contribution in [3.05, 3.63) is 86.5 Å². The molecule has 0 spiro atoms. The van der Waals surface area contributed by atoms with Crippen LogP contribution in [0.25, 0.3) is 11.3 Å². The Morgan fingerprint density at radius 2 is 1.70 bits per heavy atom. The van der Waals surface area contributed by atoms with Crippen LogP contribution in [-0.4, -0.2) is 57.3 Å². The highest BCUT2D eigenvalue weighted by atomic mass is 16.6. The number of nitro groups is 1. The Morgan fingerprint density at radius 3 is 2.31 bits per heavy atom. The summed E-state index contributed by atoms with van der Waals surface area (Å²) >= 11 is 0. The Kier molecular flexibility index (Phi) is 10.2. The molecule has 2 aromatic heterocycles. The highest BCUT2D eigenvalue weighted by molar-refractivity contribution is 5.89. The average Bonchev–Trinajstić information content (AvgIpc) is 3.12. The lowest BCUT2D eigenvalue weighted by Crippen LogP contribution is -2.71. The smallest absolute Gasteiger partial charge is 0.345 e. The third-order valence-corrected chi connectivity index (χ3v) is 11.8. The van der Waals surface area contributed by atoms with Crippen molar-refractivity contribution in [2.45, 2.75) is 91.6 Å². The zero-order chi connectivity index (χ0) is 39.3. The van der Waals surface area contributed by atoms with E-state index in [0.717, 1.165) is 0 Å². The monoisotopic (exact) mass is 746 g/mol. The third kappa shape index (κ3) is 6.65. The molecule has 1 N–H and O–H groups in total. The SMILES string of the molecule is CC(C)C(=O)OC[C@@]1(C)C2C[C@H](OC(=O)c3ccc([N+](=O)[O-])cc3)[C@@]3(C)Oc4cc(-c5cccnc5)oc(=O)c4C(O)C3[C@@]2(C)CC[C@@H]1OC(=O)C(C)C. The second kappa shape index (κ2) is 14.3. The van der Waals surface area contributed by atoms with E-state index in [4.69, 9.17) is 23.4 Å². The van der Waals surface area contributed by atoms with Crippen molar-refractivity contribution in [2.24, 2.45) is 34.5 Å². The maximum atomic E-state index is 13.9. The molecule has 0 radical (unpaired) electrons. The Hall–Kier alpha value is -5.11. The Bertz CT molecular complexity index is 2000. The van der Waals surface area contributed by atoms with E-state index >= 15 is 0 Å². The summed E-state index contributed by atoms with van der Waals surface area (Å²) in [7, 11) is 0. The number of nitrogens with zero attached hydrogens (tertiary/aromatic N) is 2. The molecule has 0 saturated heterocycles. The van der Waals surface area contributed by atoms with Crippen LogP contribution in [0.5, 0.6) is 5.75 Å². The molecule has 2 fully saturated rings. The van der Waals surface area contributed by atoms with Gasteiger partial charge in [-0.2, -0.15) is 0 Å². The van der Waals surface area contributed by atoms with E-state index in [1.165, 1.54) is 36.5 Å². The molecule has 2 aliphatic carbocycles. The second-order valence-electron chi connectivity index (χ2n) is 16.0. The lowest BCUT2D eigenvalue weighted by atomic mass is 9.42. The van der Waals surface area contributed by atoms with Crippen molar-refractivity contribution in [2.75, 3.05) is 6.61 Å². The number of carbonyl (C=O) groups is 3. The summed E-state index contributed by atoms with van der Waals surface area (Å²) < 4.78 is 30.8. The van der Waals surface area contributed by atoms with Gasteiger partial charge in [-0.1, -0.05) is 41.5 Å². The van der Waals surface area contributed by atoms with Crippen LogP contribution in [-0.2, 0) is 23.8 Å². The van der Waals surface area contributed by atoms with Crippen molar-refractivity contribution in [3.8, 4) is 17.1 Å². The minimum Gasteiger partial charge on any atom is -0.482 e. The molecule has 288 valence electrons. The number of hydrogen-bond acceptors (Lipinski definition) is 13. The number of pyridine rings is 1. The first kappa shape index (κ1) is 38.6. The van der Waals surface area contributed by atoms with Crippen molar-refractivity contribution >= 4 is 23.6 Å². The molecule has 0 bridgehead atoms. The third-order valence-electron chi connectivity index (χ3n) is 11.8. The van der Waals surface area contributed by atoms with Gasteiger partial charge in [0, 0.05) is 47.5 Å². The number of hydrogen-bond donors (Lipinski definition) is 1. The molecular weight excluding hydrogens is 700 g/mol. The summed E-state index contributed by atoms with van der Waals surface area (Å²) in [5.41, 5.74) is -3.95. The Balaban J connectivity index is 1.49. The van der Waals surface area contributed by atoms with Gasteiger partial charge in [-0.05, 0) is 61.8 Å². The van der Waals surface area contributed by atoms with Crippen molar-refractivity contribution in [1.29, 1.82) is 0 Å². The van der Waals surface area contributed by atoms with Gasteiger partial charge in [0.25, 0.3) is 5.69 Å². The van der Waals surface area contributed by atoms with Gasteiger partial charge >= 0.3 is 23.5 Å². The summed E-state index contributed by atoms with van der Waals surface area (Å²) in [6.07, 6.45) is 0.671. The Labute approximate surface area is 312 Å². The highest BCUT2D eigenvalue weighted by Gasteiger charge is 2.71. The van der Waals surface area contributed by atoms with E-state index in [-0.39, 0.29) is 41.4 Å². The summed E-state index contributed by atoms with van der Waals surface area (Å²) in [5, 5.41) is 23.7.